The van der Waals surface area contributed by atoms with Crippen molar-refractivity contribution >= 4 is 17.4 Å². The molecular formula is C27H27NO7. The van der Waals surface area contributed by atoms with E-state index in [0.717, 1.165) is 12.8 Å². The first-order chi connectivity index (χ1) is 16.9. The van der Waals surface area contributed by atoms with Gasteiger partial charge in [0.15, 0.2) is 11.5 Å². The zero-order valence-electron chi connectivity index (χ0n) is 19.6. The number of rotatable bonds is 9. The first-order valence-corrected chi connectivity index (χ1v) is 11.4. The van der Waals surface area contributed by atoms with E-state index in [0.29, 0.717) is 29.2 Å². The zero-order valence-corrected chi connectivity index (χ0v) is 19.6. The van der Waals surface area contributed by atoms with E-state index in [9.17, 15) is 19.8 Å². The summed E-state index contributed by atoms with van der Waals surface area (Å²) < 4.78 is 16.4. The lowest BCUT2D eigenvalue weighted by Gasteiger charge is -2.25. The van der Waals surface area contributed by atoms with E-state index in [4.69, 9.17) is 13.9 Å². The van der Waals surface area contributed by atoms with E-state index in [1.165, 1.54) is 24.3 Å². The van der Waals surface area contributed by atoms with Crippen LogP contribution in [0.25, 0.3) is 5.76 Å². The molecule has 2 aromatic carbocycles. The number of aliphatic hydroxyl groups excluding tert-OH is 1. The average Bonchev–Trinajstić information content (AvgIpc) is 3.47. The molecule has 0 radical (unpaired) electrons. The molecule has 1 atom stereocenters. The third-order valence-electron chi connectivity index (χ3n) is 5.84. The number of phenolic OH excluding ortho intramolecular Hbond substituents is 1. The molecule has 1 saturated heterocycles. The van der Waals surface area contributed by atoms with Crippen molar-refractivity contribution < 1.29 is 33.7 Å². The second-order valence-electron chi connectivity index (χ2n) is 8.17. The molecule has 3 aromatic rings. The van der Waals surface area contributed by atoms with E-state index < -0.39 is 17.7 Å². The van der Waals surface area contributed by atoms with Crippen LogP contribution >= 0.6 is 0 Å². The summed E-state index contributed by atoms with van der Waals surface area (Å²) in [4.78, 5) is 27.7. The first-order valence-electron chi connectivity index (χ1n) is 11.4. The Labute approximate surface area is 203 Å². The summed E-state index contributed by atoms with van der Waals surface area (Å²) in [5.74, 6) is -0.778. The number of benzene rings is 2. The molecule has 1 fully saturated rings. The van der Waals surface area contributed by atoms with Crippen LogP contribution in [0, 0.1) is 0 Å². The van der Waals surface area contributed by atoms with Crippen LogP contribution in [-0.2, 0) is 16.1 Å². The molecule has 1 aliphatic rings. The maximum Gasteiger partial charge on any atom is 0.296 e. The number of ether oxygens (including phenoxy) is 2. The Morgan fingerprint density at radius 3 is 2.66 bits per heavy atom. The zero-order chi connectivity index (χ0) is 24.9. The van der Waals surface area contributed by atoms with Crippen molar-refractivity contribution in [1.29, 1.82) is 0 Å². The van der Waals surface area contributed by atoms with Crippen LogP contribution in [0.5, 0.6) is 17.2 Å². The van der Waals surface area contributed by atoms with Gasteiger partial charge in [0.1, 0.15) is 17.3 Å². The molecule has 35 heavy (non-hydrogen) atoms. The van der Waals surface area contributed by atoms with Gasteiger partial charge in [0.2, 0.25) is 0 Å². The monoisotopic (exact) mass is 477 g/mol. The smallest absolute Gasteiger partial charge is 0.296 e. The van der Waals surface area contributed by atoms with Gasteiger partial charge in [0.05, 0.1) is 38.1 Å². The fourth-order valence-corrected chi connectivity index (χ4v) is 4.05. The molecule has 182 valence electrons. The number of carbonyl (C=O) groups is 2. The standard InChI is InChI=1S/C27H27NO7/c1-3-4-12-34-19-8-5-7-18(14-19)25(30)23-24(17-10-11-21(29)22(15-17)33-2)28(27(32)26(23)31)16-20-9-6-13-35-20/h5-11,13-15,24,29-30H,3-4,12,16H2,1-2H3/b25-23+. The van der Waals surface area contributed by atoms with Crippen LogP contribution in [0.1, 0.15) is 42.7 Å². The highest BCUT2D eigenvalue weighted by molar-refractivity contribution is 6.46. The summed E-state index contributed by atoms with van der Waals surface area (Å²) in [7, 11) is 1.41. The van der Waals surface area contributed by atoms with Crippen LogP contribution in [0.3, 0.4) is 0 Å². The van der Waals surface area contributed by atoms with E-state index >= 15 is 0 Å². The Morgan fingerprint density at radius 2 is 1.94 bits per heavy atom. The molecule has 0 saturated carbocycles. The Balaban J connectivity index is 1.81. The quantitative estimate of drug-likeness (QED) is 0.197. The summed E-state index contributed by atoms with van der Waals surface area (Å²) in [6.45, 7) is 2.61. The molecule has 8 nitrogen and oxygen atoms in total. The number of likely N-dealkylation sites (tertiary alicyclic amines) is 1. The lowest BCUT2D eigenvalue weighted by molar-refractivity contribution is -0.140. The lowest BCUT2D eigenvalue weighted by Crippen LogP contribution is -2.29. The van der Waals surface area contributed by atoms with Gasteiger partial charge in [-0.1, -0.05) is 31.5 Å². The molecule has 8 heteroatoms. The summed E-state index contributed by atoms with van der Waals surface area (Å²) in [6, 6.07) is 13.8. The van der Waals surface area contributed by atoms with Gasteiger partial charge in [-0.15, -0.1) is 0 Å². The first kappa shape index (κ1) is 23.9. The fourth-order valence-electron chi connectivity index (χ4n) is 4.05. The SMILES string of the molecule is CCCCOc1cccc(/C(O)=C2\C(=O)C(=O)N(Cc3ccco3)C2c2ccc(O)c(OC)c2)c1. The number of amides is 1. The number of Topliss-reactive ketones (excluding diaryl/α,β-unsaturated/α-hetero) is 1. The van der Waals surface area contributed by atoms with Crippen molar-refractivity contribution in [3.05, 3.63) is 83.3 Å². The van der Waals surface area contributed by atoms with Crippen molar-refractivity contribution in [1.82, 2.24) is 4.90 Å². The molecule has 2 N–H and O–H groups in total. The van der Waals surface area contributed by atoms with Crippen molar-refractivity contribution in [2.45, 2.75) is 32.4 Å². The molecule has 0 bridgehead atoms. The van der Waals surface area contributed by atoms with Gasteiger partial charge in [0.25, 0.3) is 11.7 Å². The van der Waals surface area contributed by atoms with Crippen molar-refractivity contribution in [3.8, 4) is 17.2 Å². The number of aliphatic hydroxyl groups is 1. The van der Waals surface area contributed by atoms with Gasteiger partial charge >= 0.3 is 0 Å². The molecule has 1 aromatic heterocycles. The summed E-state index contributed by atoms with van der Waals surface area (Å²) in [5.41, 5.74) is 0.771. The molecular weight excluding hydrogens is 450 g/mol. The van der Waals surface area contributed by atoms with Gasteiger partial charge in [-0.3, -0.25) is 9.59 Å². The largest absolute Gasteiger partial charge is 0.507 e. The van der Waals surface area contributed by atoms with Crippen molar-refractivity contribution in [3.63, 3.8) is 0 Å². The fraction of sp³-hybridized carbons (Fsp3) is 0.259. The van der Waals surface area contributed by atoms with Crippen LogP contribution in [0.4, 0.5) is 0 Å². The van der Waals surface area contributed by atoms with Gasteiger partial charge in [-0.05, 0) is 48.4 Å². The van der Waals surface area contributed by atoms with Crippen LogP contribution in [0.15, 0.2) is 70.9 Å². The third-order valence-corrected chi connectivity index (χ3v) is 5.84. The minimum absolute atomic E-state index is 0.0163. The number of hydrogen-bond acceptors (Lipinski definition) is 7. The number of nitrogens with zero attached hydrogens (tertiary/aromatic N) is 1. The number of methoxy groups -OCH3 is 1. The molecule has 0 spiro atoms. The number of phenols is 1. The highest BCUT2D eigenvalue weighted by Gasteiger charge is 2.46. The van der Waals surface area contributed by atoms with Crippen molar-refractivity contribution in [2.24, 2.45) is 0 Å². The number of furan rings is 1. The number of carbonyl (C=O) groups excluding carboxylic acids is 2. The molecule has 1 amide bonds. The number of unbranched alkanes of at least 4 members (excludes halogenated alkanes) is 1. The highest BCUT2D eigenvalue weighted by Crippen LogP contribution is 2.42. The van der Waals surface area contributed by atoms with E-state index in [1.54, 1.807) is 48.5 Å². The average molecular weight is 478 g/mol. The third kappa shape index (κ3) is 4.87. The summed E-state index contributed by atoms with van der Waals surface area (Å²) in [5, 5.41) is 21.3. The van der Waals surface area contributed by atoms with Crippen LogP contribution in [-0.4, -0.2) is 40.5 Å². The second-order valence-corrected chi connectivity index (χ2v) is 8.17. The minimum Gasteiger partial charge on any atom is -0.507 e. The van der Waals surface area contributed by atoms with Gasteiger partial charge in [-0.2, -0.15) is 0 Å². The number of aromatic hydroxyl groups is 1. The van der Waals surface area contributed by atoms with E-state index in [1.807, 2.05) is 0 Å². The topological polar surface area (TPSA) is 109 Å². The van der Waals surface area contributed by atoms with E-state index in [-0.39, 0.29) is 29.4 Å². The van der Waals surface area contributed by atoms with Crippen LogP contribution < -0.4 is 9.47 Å². The minimum atomic E-state index is -0.931. The molecule has 0 aliphatic carbocycles. The normalized spacial score (nSPS) is 17.1. The van der Waals surface area contributed by atoms with E-state index in [2.05, 4.69) is 6.92 Å². The summed E-state index contributed by atoms with van der Waals surface area (Å²) >= 11 is 0. The van der Waals surface area contributed by atoms with Gasteiger partial charge < -0.3 is 29.0 Å². The molecule has 1 unspecified atom stereocenters. The second kappa shape index (κ2) is 10.4. The lowest BCUT2D eigenvalue weighted by atomic mass is 9.95. The maximum absolute atomic E-state index is 13.2. The Hall–Kier alpha value is -4.20. The van der Waals surface area contributed by atoms with Gasteiger partial charge in [-0.25, -0.2) is 0 Å². The van der Waals surface area contributed by atoms with Crippen LogP contribution in [0.2, 0.25) is 0 Å². The van der Waals surface area contributed by atoms with Gasteiger partial charge in [0, 0.05) is 5.56 Å². The molecule has 4 rings (SSSR count). The maximum atomic E-state index is 13.2. The Morgan fingerprint density at radius 1 is 1.11 bits per heavy atom. The highest BCUT2D eigenvalue weighted by atomic mass is 16.5. The molecule has 1 aliphatic heterocycles. The predicted molar refractivity (Wildman–Crippen MR) is 128 cm³/mol. The predicted octanol–water partition coefficient (Wildman–Crippen LogP) is 4.79. The summed E-state index contributed by atoms with van der Waals surface area (Å²) in [6.07, 6.45) is 3.35. The number of hydrogen-bond donors (Lipinski definition) is 2. The number of ketones is 1. The molecule has 2 heterocycles. The Kier molecular flexibility index (Phi) is 7.10. The Bertz CT molecular complexity index is 1250. The van der Waals surface area contributed by atoms with Crippen molar-refractivity contribution in [2.75, 3.05) is 13.7 Å².